The predicted molar refractivity (Wildman–Crippen MR) is 105 cm³/mol. The molecule has 1 aliphatic rings. The minimum Gasteiger partial charge on any atom is -0.381 e. The molecule has 0 spiro atoms. The van der Waals surface area contributed by atoms with E-state index in [1.807, 2.05) is 35.2 Å². The molecule has 3 aromatic rings. The zero-order valence-corrected chi connectivity index (χ0v) is 15.7. The first kappa shape index (κ1) is 18.4. The third-order valence-corrected chi connectivity index (χ3v) is 5.06. The molecule has 4 rings (SSSR count). The molecule has 0 saturated carbocycles. The number of ether oxygens (including phenoxy) is 1. The minimum atomic E-state index is -0.282. The van der Waals surface area contributed by atoms with Gasteiger partial charge in [-0.15, -0.1) is 0 Å². The number of aromatic nitrogens is 2. The number of rotatable bonds is 4. The molecular weight excluding hydrogens is 357 g/mol. The third-order valence-electron chi connectivity index (χ3n) is 5.06. The van der Waals surface area contributed by atoms with Gasteiger partial charge in [0.15, 0.2) is 0 Å². The minimum absolute atomic E-state index is 0.0110. The second-order valence-electron chi connectivity index (χ2n) is 6.94. The van der Waals surface area contributed by atoms with Gasteiger partial charge in [0, 0.05) is 49.2 Å². The van der Waals surface area contributed by atoms with Gasteiger partial charge < -0.3 is 14.2 Å². The number of pyridine rings is 1. The summed E-state index contributed by atoms with van der Waals surface area (Å²) in [7, 11) is 0. The third kappa shape index (κ3) is 3.68. The predicted octanol–water partition coefficient (Wildman–Crippen LogP) is 4.15. The summed E-state index contributed by atoms with van der Waals surface area (Å²) in [4.78, 5) is 19.5. The molecule has 3 heterocycles. The molecular formula is C22H22FN3O2. The fourth-order valence-corrected chi connectivity index (χ4v) is 3.54. The maximum Gasteiger partial charge on any atom is 0.277 e. The Morgan fingerprint density at radius 2 is 1.93 bits per heavy atom. The molecule has 0 radical (unpaired) electrons. The van der Waals surface area contributed by atoms with Crippen molar-refractivity contribution in [2.24, 2.45) is 0 Å². The van der Waals surface area contributed by atoms with E-state index in [9.17, 15) is 9.18 Å². The van der Waals surface area contributed by atoms with Crippen molar-refractivity contribution in [1.82, 2.24) is 9.55 Å². The normalized spacial score (nSPS) is 14.8. The van der Waals surface area contributed by atoms with Crippen LogP contribution in [-0.4, -0.2) is 34.7 Å². The van der Waals surface area contributed by atoms with Crippen LogP contribution in [0.15, 0.2) is 61.1 Å². The summed E-state index contributed by atoms with van der Waals surface area (Å²) >= 11 is 0. The molecule has 0 unspecified atom stereocenters. The van der Waals surface area contributed by atoms with Crippen LogP contribution >= 0.6 is 0 Å². The highest BCUT2D eigenvalue weighted by molar-refractivity contribution is 6.05. The van der Waals surface area contributed by atoms with Crippen LogP contribution in [0.4, 0.5) is 10.1 Å². The first-order chi connectivity index (χ1) is 13.6. The Kier molecular flexibility index (Phi) is 5.21. The number of carbonyl (C=O) groups excluding carboxylic acids is 1. The van der Waals surface area contributed by atoms with Crippen molar-refractivity contribution < 1.29 is 13.9 Å². The van der Waals surface area contributed by atoms with Crippen LogP contribution in [0.2, 0.25) is 0 Å². The van der Waals surface area contributed by atoms with Gasteiger partial charge in [-0.2, -0.15) is 0 Å². The van der Waals surface area contributed by atoms with E-state index in [-0.39, 0.29) is 17.8 Å². The number of aryl methyl sites for hydroxylation is 1. The zero-order chi connectivity index (χ0) is 19.5. The molecule has 0 atom stereocenters. The Morgan fingerprint density at radius 1 is 1.18 bits per heavy atom. The standard InChI is InChI=1S/C22H22FN3O2/c1-16-14-19(4-5-20(16)23)26(17-7-12-28-13-8-17)22(27)21-15-18(6-9-24-21)25-10-2-3-11-25/h2-6,9-11,14-15,17H,7-8,12-13H2,1H3. The Hall–Kier alpha value is -2.99. The first-order valence-electron chi connectivity index (χ1n) is 9.40. The number of carbonyl (C=O) groups is 1. The van der Waals surface area contributed by atoms with Gasteiger partial charge in [0.2, 0.25) is 0 Å². The second kappa shape index (κ2) is 7.94. The van der Waals surface area contributed by atoms with Gasteiger partial charge in [-0.3, -0.25) is 9.78 Å². The number of nitrogens with zero attached hydrogens (tertiary/aromatic N) is 3. The Balaban J connectivity index is 1.72. The van der Waals surface area contributed by atoms with E-state index in [1.54, 1.807) is 36.2 Å². The molecule has 6 heteroatoms. The van der Waals surface area contributed by atoms with Gasteiger partial charge in [0.25, 0.3) is 5.91 Å². The van der Waals surface area contributed by atoms with Crippen molar-refractivity contribution in [2.45, 2.75) is 25.8 Å². The fraction of sp³-hybridized carbons (Fsp3) is 0.273. The summed E-state index contributed by atoms with van der Waals surface area (Å²) in [6.45, 7) is 2.91. The van der Waals surface area contributed by atoms with Crippen LogP contribution in [-0.2, 0) is 4.74 Å². The lowest BCUT2D eigenvalue weighted by Gasteiger charge is -2.34. The summed E-state index contributed by atoms with van der Waals surface area (Å²) in [5.41, 5.74) is 2.42. The molecule has 0 aliphatic carbocycles. The maximum absolute atomic E-state index is 13.8. The molecule has 1 amide bonds. The molecule has 2 aromatic heterocycles. The molecule has 0 N–H and O–H groups in total. The molecule has 144 valence electrons. The molecule has 1 fully saturated rings. The summed E-state index contributed by atoms with van der Waals surface area (Å²) in [6, 6.07) is 12.3. The smallest absolute Gasteiger partial charge is 0.277 e. The number of anilines is 1. The van der Waals surface area contributed by atoms with Crippen molar-refractivity contribution in [3.8, 4) is 5.69 Å². The Labute approximate surface area is 163 Å². The number of hydrogen-bond acceptors (Lipinski definition) is 3. The van der Waals surface area contributed by atoms with Gasteiger partial charge in [0.05, 0.1) is 0 Å². The van der Waals surface area contributed by atoms with Gasteiger partial charge in [-0.1, -0.05) is 0 Å². The van der Waals surface area contributed by atoms with Crippen molar-refractivity contribution >= 4 is 11.6 Å². The first-order valence-corrected chi connectivity index (χ1v) is 9.40. The van der Waals surface area contributed by atoms with E-state index in [0.29, 0.717) is 30.2 Å². The van der Waals surface area contributed by atoms with E-state index < -0.39 is 0 Å². The fourth-order valence-electron chi connectivity index (χ4n) is 3.54. The maximum atomic E-state index is 13.8. The SMILES string of the molecule is Cc1cc(N(C(=O)c2cc(-n3cccc3)ccn2)C2CCOCC2)ccc1F. The lowest BCUT2D eigenvalue weighted by atomic mass is 10.0. The van der Waals surface area contributed by atoms with Crippen LogP contribution in [0.1, 0.15) is 28.9 Å². The topological polar surface area (TPSA) is 47.4 Å². The van der Waals surface area contributed by atoms with Crippen molar-refractivity contribution in [3.63, 3.8) is 0 Å². The average Bonchev–Trinajstić information content (AvgIpc) is 3.27. The van der Waals surface area contributed by atoms with E-state index in [1.165, 1.54) is 6.07 Å². The van der Waals surface area contributed by atoms with Gasteiger partial charge in [0.1, 0.15) is 11.5 Å². The summed E-state index contributed by atoms with van der Waals surface area (Å²) in [6.07, 6.45) is 6.95. The van der Waals surface area contributed by atoms with Crippen molar-refractivity contribution in [2.75, 3.05) is 18.1 Å². The number of halogens is 1. The van der Waals surface area contributed by atoms with Crippen molar-refractivity contribution in [3.05, 3.63) is 78.1 Å². The second-order valence-corrected chi connectivity index (χ2v) is 6.94. The molecule has 5 nitrogen and oxygen atoms in total. The summed E-state index contributed by atoms with van der Waals surface area (Å²) in [5.74, 6) is -0.470. The lowest BCUT2D eigenvalue weighted by Crippen LogP contribution is -2.44. The van der Waals surface area contributed by atoms with Crippen LogP contribution in [0.25, 0.3) is 5.69 Å². The highest BCUT2D eigenvalue weighted by Gasteiger charge is 2.29. The highest BCUT2D eigenvalue weighted by Crippen LogP contribution is 2.27. The van der Waals surface area contributed by atoms with Gasteiger partial charge in [-0.25, -0.2) is 4.39 Å². The van der Waals surface area contributed by atoms with E-state index in [4.69, 9.17) is 4.74 Å². The highest BCUT2D eigenvalue weighted by atomic mass is 19.1. The van der Waals surface area contributed by atoms with Gasteiger partial charge in [-0.05, 0) is 67.8 Å². The number of amides is 1. The van der Waals surface area contributed by atoms with Crippen LogP contribution in [0.5, 0.6) is 0 Å². The molecule has 1 saturated heterocycles. The van der Waals surface area contributed by atoms with E-state index in [0.717, 1.165) is 18.5 Å². The van der Waals surface area contributed by atoms with Crippen LogP contribution < -0.4 is 4.90 Å². The van der Waals surface area contributed by atoms with E-state index in [2.05, 4.69) is 4.98 Å². The Morgan fingerprint density at radius 3 is 2.64 bits per heavy atom. The molecule has 1 aliphatic heterocycles. The van der Waals surface area contributed by atoms with E-state index >= 15 is 0 Å². The molecule has 28 heavy (non-hydrogen) atoms. The lowest BCUT2D eigenvalue weighted by molar-refractivity contribution is 0.0770. The average molecular weight is 379 g/mol. The zero-order valence-electron chi connectivity index (χ0n) is 15.7. The quantitative estimate of drug-likeness (QED) is 0.684. The van der Waals surface area contributed by atoms with Crippen LogP contribution in [0, 0.1) is 12.7 Å². The number of hydrogen-bond donors (Lipinski definition) is 0. The molecule has 1 aromatic carbocycles. The van der Waals surface area contributed by atoms with Gasteiger partial charge >= 0.3 is 0 Å². The number of benzene rings is 1. The monoisotopic (exact) mass is 379 g/mol. The van der Waals surface area contributed by atoms with Crippen molar-refractivity contribution in [1.29, 1.82) is 0 Å². The Bertz CT molecular complexity index is 966. The largest absolute Gasteiger partial charge is 0.381 e. The van der Waals surface area contributed by atoms with Crippen LogP contribution in [0.3, 0.4) is 0 Å². The summed E-state index contributed by atoms with van der Waals surface area (Å²) < 4.78 is 21.2. The molecule has 0 bridgehead atoms. The summed E-state index contributed by atoms with van der Waals surface area (Å²) in [5, 5.41) is 0.